The molecule has 12 heavy (non-hydrogen) atoms. The van der Waals surface area contributed by atoms with Gasteiger partial charge in [0.15, 0.2) is 0 Å². The third-order valence-electron chi connectivity index (χ3n) is 1.91. The van der Waals surface area contributed by atoms with Crippen molar-refractivity contribution in [2.75, 3.05) is 6.26 Å². The Bertz CT molecular complexity index is 273. The van der Waals surface area contributed by atoms with Gasteiger partial charge in [-0.15, -0.1) is 0 Å². The van der Waals surface area contributed by atoms with Gasteiger partial charge in [-0.2, -0.15) is 17.0 Å². The molecule has 1 N–H and O–H groups in total. The second kappa shape index (κ2) is 3.20. The number of nitrogens with zero attached hydrogens (tertiary/aromatic N) is 1. The summed E-state index contributed by atoms with van der Waals surface area (Å²) < 4.78 is -0.0521. The lowest BCUT2D eigenvalue weighted by Crippen LogP contribution is -2.04. The molecule has 0 aromatic carbocycles. The van der Waals surface area contributed by atoms with E-state index in [4.69, 9.17) is 10.4 Å². The van der Waals surface area contributed by atoms with Crippen LogP contribution in [-0.4, -0.2) is 22.1 Å². The summed E-state index contributed by atoms with van der Waals surface area (Å²) in [7, 11) is 0. The Kier molecular flexibility index (Phi) is 2.43. The van der Waals surface area contributed by atoms with Crippen LogP contribution in [0.5, 0.6) is 0 Å². The van der Waals surface area contributed by atoms with Crippen molar-refractivity contribution < 1.29 is 9.90 Å². The van der Waals surface area contributed by atoms with E-state index in [0.29, 0.717) is 0 Å². The second-order valence-corrected chi connectivity index (χ2v) is 3.97. The van der Waals surface area contributed by atoms with E-state index in [1.54, 1.807) is 23.9 Å². The maximum atomic E-state index is 10.5. The van der Waals surface area contributed by atoms with Crippen molar-refractivity contribution in [2.45, 2.75) is 17.6 Å². The first-order chi connectivity index (χ1) is 5.63. The summed E-state index contributed by atoms with van der Waals surface area (Å²) in [5.74, 6) is -1.13. The van der Waals surface area contributed by atoms with E-state index in [2.05, 4.69) is 0 Å². The number of carbonyl (C=O) groups is 1. The molecule has 0 amide bonds. The molecule has 1 aliphatic carbocycles. The summed E-state index contributed by atoms with van der Waals surface area (Å²) >= 11 is 1.61. The molecule has 1 aliphatic rings. The van der Waals surface area contributed by atoms with Crippen LogP contribution in [0.15, 0.2) is 11.6 Å². The smallest absolute Gasteiger partial charge is 0.346 e. The highest BCUT2D eigenvalue weighted by Crippen LogP contribution is 2.48. The molecule has 0 aliphatic heterocycles. The summed E-state index contributed by atoms with van der Waals surface area (Å²) in [4.78, 5) is 10.5. The Balaban J connectivity index is 2.79. The van der Waals surface area contributed by atoms with Crippen molar-refractivity contribution in [1.29, 1.82) is 5.26 Å². The lowest BCUT2D eigenvalue weighted by atomic mass is 10.2. The van der Waals surface area contributed by atoms with Crippen molar-refractivity contribution in [3.63, 3.8) is 0 Å². The summed E-state index contributed by atoms with van der Waals surface area (Å²) in [6.45, 7) is 0. The normalized spacial score (nSPS) is 19.8. The van der Waals surface area contributed by atoms with Gasteiger partial charge >= 0.3 is 5.97 Å². The topological polar surface area (TPSA) is 61.1 Å². The summed E-state index contributed by atoms with van der Waals surface area (Å²) in [5.41, 5.74) is -0.137. The minimum atomic E-state index is -1.13. The highest BCUT2D eigenvalue weighted by Gasteiger charge is 2.40. The Morgan fingerprint density at radius 3 is 2.58 bits per heavy atom. The van der Waals surface area contributed by atoms with Crippen LogP contribution >= 0.6 is 11.8 Å². The molecule has 0 aromatic heterocycles. The SMILES string of the molecule is CSC1(/C=C(/C#N)C(=O)O)CC1. The number of carboxylic acids is 1. The molecule has 0 bridgehead atoms. The summed E-state index contributed by atoms with van der Waals surface area (Å²) in [6, 6.07) is 1.68. The molecule has 0 heterocycles. The molecule has 0 spiro atoms. The van der Waals surface area contributed by atoms with Crippen molar-refractivity contribution in [3.8, 4) is 6.07 Å². The highest BCUT2D eigenvalue weighted by molar-refractivity contribution is 8.00. The van der Waals surface area contributed by atoms with E-state index in [0.717, 1.165) is 12.8 Å². The number of thioether (sulfide) groups is 1. The molecular weight excluding hydrogens is 174 g/mol. The van der Waals surface area contributed by atoms with Gasteiger partial charge < -0.3 is 5.11 Å². The fraction of sp³-hybridized carbons (Fsp3) is 0.500. The Morgan fingerprint density at radius 1 is 1.75 bits per heavy atom. The van der Waals surface area contributed by atoms with E-state index in [1.807, 2.05) is 6.26 Å². The van der Waals surface area contributed by atoms with Crippen molar-refractivity contribution >= 4 is 17.7 Å². The second-order valence-electron chi connectivity index (χ2n) is 2.74. The van der Waals surface area contributed by atoms with Gasteiger partial charge in [0.05, 0.1) is 0 Å². The minimum absolute atomic E-state index is 0.0521. The van der Waals surface area contributed by atoms with Crippen LogP contribution in [0.25, 0.3) is 0 Å². The van der Waals surface area contributed by atoms with Crippen LogP contribution in [0.1, 0.15) is 12.8 Å². The first-order valence-electron chi connectivity index (χ1n) is 3.55. The zero-order chi connectivity index (χ0) is 9.19. The molecule has 0 aromatic rings. The van der Waals surface area contributed by atoms with Gasteiger partial charge in [-0.05, 0) is 25.2 Å². The number of hydrogen-bond acceptors (Lipinski definition) is 3. The average molecular weight is 183 g/mol. The third-order valence-corrected chi connectivity index (χ3v) is 3.25. The van der Waals surface area contributed by atoms with Crippen molar-refractivity contribution in [3.05, 3.63) is 11.6 Å². The first kappa shape index (κ1) is 9.14. The van der Waals surface area contributed by atoms with Crippen LogP contribution in [0.4, 0.5) is 0 Å². The molecular formula is C8H9NO2S. The molecule has 1 fully saturated rings. The summed E-state index contributed by atoms with van der Waals surface area (Å²) in [6.07, 6.45) is 5.46. The van der Waals surface area contributed by atoms with Crippen LogP contribution < -0.4 is 0 Å². The molecule has 64 valence electrons. The maximum Gasteiger partial charge on any atom is 0.346 e. The predicted octanol–water partition coefficient (Wildman–Crippen LogP) is 1.42. The zero-order valence-corrected chi connectivity index (χ0v) is 7.52. The van der Waals surface area contributed by atoms with E-state index < -0.39 is 5.97 Å². The number of carboxylic acid groups (broad SMARTS) is 1. The van der Waals surface area contributed by atoms with Gasteiger partial charge in [0, 0.05) is 4.75 Å². The van der Waals surface area contributed by atoms with Gasteiger partial charge in [-0.1, -0.05) is 0 Å². The van der Waals surface area contributed by atoms with Crippen LogP contribution in [0.2, 0.25) is 0 Å². The zero-order valence-electron chi connectivity index (χ0n) is 6.70. The molecule has 0 atom stereocenters. The fourth-order valence-electron chi connectivity index (χ4n) is 0.935. The van der Waals surface area contributed by atoms with E-state index in [9.17, 15) is 4.79 Å². The molecule has 0 saturated heterocycles. The van der Waals surface area contributed by atoms with Gasteiger partial charge in [0.25, 0.3) is 0 Å². The average Bonchev–Trinajstić information content (AvgIpc) is 2.80. The number of rotatable bonds is 3. The first-order valence-corrected chi connectivity index (χ1v) is 4.77. The lowest BCUT2D eigenvalue weighted by Gasteiger charge is -2.03. The molecule has 0 unspecified atom stereocenters. The lowest BCUT2D eigenvalue weighted by molar-refractivity contribution is -0.132. The molecule has 0 radical (unpaired) electrons. The van der Waals surface area contributed by atoms with Gasteiger partial charge in [0.2, 0.25) is 0 Å². The monoisotopic (exact) mass is 183 g/mol. The number of nitriles is 1. The number of hydrogen-bond donors (Lipinski definition) is 1. The van der Waals surface area contributed by atoms with E-state index in [1.165, 1.54) is 0 Å². The quantitative estimate of drug-likeness (QED) is 0.531. The van der Waals surface area contributed by atoms with Crippen molar-refractivity contribution in [1.82, 2.24) is 0 Å². The van der Waals surface area contributed by atoms with Crippen LogP contribution in [0.3, 0.4) is 0 Å². The Labute approximate surface area is 75.1 Å². The molecule has 1 saturated carbocycles. The van der Waals surface area contributed by atoms with E-state index >= 15 is 0 Å². The van der Waals surface area contributed by atoms with E-state index in [-0.39, 0.29) is 10.3 Å². The number of aliphatic carboxylic acids is 1. The minimum Gasteiger partial charge on any atom is -0.477 e. The Morgan fingerprint density at radius 2 is 2.33 bits per heavy atom. The molecule has 4 heteroatoms. The summed E-state index contributed by atoms with van der Waals surface area (Å²) in [5, 5.41) is 17.0. The largest absolute Gasteiger partial charge is 0.477 e. The van der Waals surface area contributed by atoms with Crippen LogP contribution in [-0.2, 0) is 4.79 Å². The maximum absolute atomic E-state index is 10.5. The van der Waals surface area contributed by atoms with Gasteiger partial charge in [-0.25, -0.2) is 4.79 Å². The highest BCUT2D eigenvalue weighted by atomic mass is 32.2. The third kappa shape index (κ3) is 1.80. The van der Waals surface area contributed by atoms with Gasteiger partial charge in [-0.3, -0.25) is 0 Å². The Hall–Kier alpha value is -0.950. The fourth-order valence-corrected chi connectivity index (χ4v) is 1.68. The van der Waals surface area contributed by atoms with Crippen LogP contribution in [0, 0.1) is 11.3 Å². The van der Waals surface area contributed by atoms with Crippen molar-refractivity contribution in [2.24, 2.45) is 0 Å². The standard InChI is InChI=1S/C8H9NO2S/c1-12-8(2-3-8)4-6(5-9)7(10)11/h4H,2-3H2,1H3,(H,10,11)/b6-4-. The molecule has 1 rings (SSSR count). The molecule has 3 nitrogen and oxygen atoms in total. The predicted molar refractivity (Wildman–Crippen MR) is 46.8 cm³/mol. The van der Waals surface area contributed by atoms with Gasteiger partial charge in [0.1, 0.15) is 11.6 Å².